The molecule has 2 rings (SSSR count). The van der Waals surface area contributed by atoms with E-state index in [1.807, 2.05) is 6.07 Å². The third-order valence-corrected chi connectivity index (χ3v) is 4.16. The lowest BCUT2D eigenvalue weighted by molar-refractivity contribution is 0.0624. The Hall–Kier alpha value is -1.24. The predicted octanol–water partition coefficient (Wildman–Crippen LogP) is 1.24. The first-order valence-electron chi connectivity index (χ1n) is 7.37. The molecule has 21 heavy (non-hydrogen) atoms. The van der Waals surface area contributed by atoms with Crippen molar-refractivity contribution < 1.29 is 14.6 Å². The summed E-state index contributed by atoms with van der Waals surface area (Å²) >= 11 is 0. The number of methoxy groups -OCH3 is 2. The molecule has 6 nitrogen and oxygen atoms in total. The normalized spacial score (nSPS) is 22.5. The second-order valence-corrected chi connectivity index (χ2v) is 5.73. The fourth-order valence-electron chi connectivity index (χ4n) is 2.92. The van der Waals surface area contributed by atoms with Gasteiger partial charge in [-0.05, 0) is 19.3 Å². The zero-order valence-corrected chi connectivity index (χ0v) is 12.9. The highest BCUT2D eigenvalue weighted by molar-refractivity contribution is 5.40. The zero-order chi connectivity index (χ0) is 15.1. The maximum atomic E-state index is 9.84. The predicted molar refractivity (Wildman–Crippen MR) is 80.2 cm³/mol. The molecule has 1 aromatic rings. The van der Waals surface area contributed by atoms with Crippen molar-refractivity contribution in [3.05, 3.63) is 18.1 Å². The number of aliphatic hydroxyl groups is 1. The summed E-state index contributed by atoms with van der Waals surface area (Å²) in [5, 5.41) is 9.84. The van der Waals surface area contributed by atoms with Gasteiger partial charge in [0.25, 0.3) is 0 Å². The molecule has 1 atom stereocenters. The second-order valence-electron chi connectivity index (χ2n) is 5.73. The number of aromatic nitrogens is 2. The fraction of sp³-hybridized carbons (Fsp3) is 0.733. The van der Waals surface area contributed by atoms with Gasteiger partial charge in [0.2, 0.25) is 0 Å². The third kappa shape index (κ3) is 4.12. The minimum absolute atomic E-state index is 0.0966. The summed E-state index contributed by atoms with van der Waals surface area (Å²) in [4.78, 5) is 10.8. The molecule has 0 aromatic carbocycles. The van der Waals surface area contributed by atoms with Crippen molar-refractivity contribution in [2.45, 2.75) is 25.9 Å². The molecule has 1 aromatic heterocycles. The molecule has 0 amide bonds. The molecule has 0 radical (unpaired) electrons. The van der Waals surface area contributed by atoms with Crippen LogP contribution in [0.25, 0.3) is 0 Å². The van der Waals surface area contributed by atoms with Gasteiger partial charge < -0.3 is 19.5 Å². The molecule has 1 saturated heterocycles. The molecule has 0 saturated carbocycles. The van der Waals surface area contributed by atoms with Crippen LogP contribution in [0.1, 0.15) is 25.0 Å². The lowest BCUT2D eigenvalue weighted by atomic mass is 9.78. The first-order valence-corrected chi connectivity index (χ1v) is 7.37. The fourth-order valence-corrected chi connectivity index (χ4v) is 2.92. The molecule has 0 bridgehead atoms. The highest BCUT2D eigenvalue weighted by Crippen LogP contribution is 2.34. The Labute approximate surface area is 126 Å². The summed E-state index contributed by atoms with van der Waals surface area (Å²) in [5.41, 5.74) is 0.778. The van der Waals surface area contributed by atoms with Crippen molar-refractivity contribution >= 4 is 5.82 Å². The molecular weight excluding hydrogens is 270 g/mol. The number of hydrogen-bond acceptors (Lipinski definition) is 6. The largest absolute Gasteiger partial charge is 0.396 e. The monoisotopic (exact) mass is 295 g/mol. The van der Waals surface area contributed by atoms with Crippen LogP contribution >= 0.6 is 0 Å². The van der Waals surface area contributed by atoms with E-state index in [0.717, 1.165) is 43.9 Å². The maximum Gasteiger partial charge on any atom is 0.132 e. The standard InChI is InChI=1S/C15H25N3O3/c1-20-7-5-15(11-19)4-3-6-18(10-15)14-8-13(9-21-2)16-12-17-14/h8,12,19H,3-7,9-11H2,1-2H3/t15-/m1/s1. The van der Waals surface area contributed by atoms with Crippen LogP contribution in [0.2, 0.25) is 0 Å². The summed E-state index contributed by atoms with van der Waals surface area (Å²) < 4.78 is 10.3. The molecular formula is C15H25N3O3. The molecule has 0 unspecified atom stereocenters. The SMILES string of the molecule is COCC[C@]1(CO)CCCN(c2cc(COC)ncn2)C1. The van der Waals surface area contributed by atoms with Crippen molar-refractivity contribution in [3.63, 3.8) is 0 Å². The van der Waals surface area contributed by atoms with Crippen molar-refractivity contribution in [3.8, 4) is 0 Å². The van der Waals surface area contributed by atoms with E-state index in [1.165, 1.54) is 0 Å². The number of rotatable bonds is 7. The van der Waals surface area contributed by atoms with Crippen LogP contribution in [0.5, 0.6) is 0 Å². The number of hydrogen-bond donors (Lipinski definition) is 1. The number of ether oxygens (including phenoxy) is 2. The van der Waals surface area contributed by atoms with E-state index in [4.69, 9.17) is 9.47 Å². The maximum absolute atomic E-state index is 9.84. The molecule has 0 aliphatic carbocycles. The van der Waals surface area contributed by atoms with E-state index >= 15 is 0 Å². The van der Waals surface area contributed by atoms with E-state index in [2.05, 4.69) is 14.9 Å². The smallest absolute Gasteiger partial charge is 0.132 e. The number of nitrogens with zero attached hydrogens (tertiary/aromatic N) is 3. The zero-order valence-electron chi connectivity index (χ0n) is 12.9. The van der Waals surface area contributed by atoms with Crippen LogP contribution < -0.4 is 4.90 Å². The summed E-state index contributed by atoms with van der Waals surface area (Å²) in [6.45, 7) is 3.10. The van der Waals surface area contributed by atoms with Crippen LogP contribution in [0.3, 0.4) is 0 Å². The van der Waals surface area contributed by atoms with Gasteiger partial charge in [-0.25, -0.2) is 9.97 Å². The molecule has 1 aliphatic heterocycles. The summed E-state index contributed by atoms with van der Waals surface area (Å²) in [6, 6.07) is 1.97. The van der Waals surface area contributed by atoms with Gasteiger partial charge in [0.1, 0.15) is 12.1 Å². The molecule has 1 N–H and O–H groups in total. The van der Waals surface area contributed by atoms with E-state index in [0.29, 0.717) is 13.2 Å². The van der Waals surface area contributed by atoms with Crippen LogP contribution in [-0.2, 0) is 16.1 Å². The van der Waals surface area contributed by atoms with E-state index < -0.39 is 0 Å². The Kier molecular flexibility index (Phi) is 5.90. The first-order chi connectivity index (χ1) is 10.2. The quantitative estimate of drug-likeness (QED) is 0.816. The van der Waals surface area contributed by atoms with Gasteiger partial charge in [-0.2, -0.15) is 0 Å². The van der Waals surface area contributed by atoms with Crippen molar-refractivity contribution in [2.75, 3.05) is 45.4 Å². The Morgan fingerprint density at radius 2 is 2.19 bits per heavy atom. The number of aliphatic hydroxyl groups excluding tert-OH is 1. The van der Waals surface area contributed by atoms with Crippen molar-refractivity contribution in [2.24, 2.45) is 5.41 Å². The van der Waals surface area contributed by atoms with Crippen LogP contribution in [0, 0.1) is 5.41 Å². The van der Waals surface area contributed by atoms with Crippen LogP contribution in [-0.4, -0.2) is 55.6 Å². The number of piperidine rings is 1. The Morgan fingerprint density at radius 3 is 2.90 bits per heavy atom. The highest BCUT2D eigenvalue weighted by atomic mass is 16.5. The van der Waals surface area contributed by atoms with Gasteiger partial charge >= 0.3 is 0 Å². The molecule has 2 heterocycles. The molecule has 1 aliphatic rings. The Bertz CT molecular complexity index is 444. The minimum Gasteiger partial charge on any atom is -0.396 e. The van der Waals surface area contributed by atoms with Crippen LogP contribution in [0.15, 0.2) is 12.4 Å². The highest BCUT2D eigenvalue weighted by Gasteiger charge is 2.35. The van der Waals surface area contributed by atoms with Gasteiger partial charge in [0.15, 0.2) is 0 Å². The van der Waals surface area contributed by atoms with Crippen molar-refractivity contribution in [1.29, 1.82) is 0 Å². The van der Waals surface area contributed by atoms with Crippen LogP contribution in [0.4, 0.5) is 5.82 Å². The summed E-state index contributed by atoms with van der Waals surface area (Å²) in [7, 11) is 3.36. The lowest BCUT2D eigenvalue weighted by Crippen LogP contribution is -2.46. The minimum atomic E-state index is -0.0966. The lowest BCUT2D eigenvalue weighted by Gasteiger charge is -2.42. The summed E-state index contributed by atoms with van der Waals surface area (Å²) in [5.74, 6) is 0.909. The summed E-state index contributed by atoms with van der Waals surface area (Å²) in [6.07, 6.45) is 4.52. The van der Waals surface area contributed by atoms with E-state index in [1.54, 1.807) is 20.5 Å². The van der Waals surface area contributed by atoms with E-state index in [9.17, 15) is 5.11 Å². The van der Waals surface area contributed by atoms with Gasteiger partial charge in [-0.1, -0.05) is 0 Å². The topological polar surface area (TPSA) is 67.7 Å². The van der Waals surface area contributed by atoms with Gasteiger partial charge in [-0.15, -0.1) is 0 Å². The Morgan fingerprint density at radius 1 is 1.33 bits per heavy atom. The second kappa shape index (κ2) is 7.68. The average molecular weight is 295 g/mol. The van der Waals surface area contributed by atoms with Crippen molar-refractivity contribution in [1.82, 2.24) is 9.97 Å². The average Bonchev–Trinajstić information content (AvgIpc) is 2.54. The first kappa shape index (κ1) is 16.1. The van der Waals surface area contributed by atoms with Gasteiger partial charge in [0.05, 0.1) is 18.9 Å². The number of anilines is 1. The molecule has 1 fully saturated rings. The van der Waals surface area contributed by atoms with E-state index in [-0.39, 0.29) is 12.0 Å². The molecule has 6 heteroatoms. The third-order valence-electron chi connectivity index (χ3n) is 4.16. The Balaban J connectivity index is 2.10. The molecule has 0 spiro atoms. The van der Waals surface area contributed by atoms with Gasteiger partial charge in [0, 0.05) is 45.4 Å². The molecule has 118 valence electrons. The van der Waals surface area contributed by atoms with Gasteiger partial charge in [-0.3, -0.25) is 0 Å².